The molecule has 1 rings (SSSR count). The zero-order chi connectivity index (χ0) is 23.8. The Hall–Kier alpha value is -0.220. The van der Waals surface area contributed by atoms with Gasteiger partial charge in [-0.15, -0.1) is 0 Å². The Bertz CT molecular complexity index is 410. The lowest BCUT2D eigenvalue weighted by atomic mass is 10.0. The zero-order valence-electron chi connectivity index (χ0n) is 22.4. The predicted molar refractivity (Wildman–Crippen MR) is 147 cm³/mol. The second-order valence-corrected chi connectivity index (χ2v) is 11.4. The van der Waals surface area contributed by atoms with Crippen molar-refractivity contribution in [3.8, 4) is 0 Å². The summed E-state index contributed by atoms with van der Waals surface area (Å²) in [5.74, 6) is 2.67. The topological polar surface area (TPSA) is 29.5 Å². The van der Waals surface area contributed by atoms with Gasteiger partial charge in [-0.1, -0.05) is 97.3 Å². The van der Waals surface area contributed by atoms with Crippen LogP contribution >= 0.6 is 11.8 Å². The van der Waals surface area contributed by atoms with Gasteiger partial charge in [0.05, 0.1) is 0 Å². The molecule has 0 saturated carbocycles. The van der Waals surface area contributed by atoms with Crippen molar-refractivity contribution in [2.45, 2.75) is 148 Å². The van der Waals surface area contributed by atoms with E-state index in [0.717, 1.165) is 19.3 Å². The molecule has 0 aliphatic carbocycles. The van der Waals surface area contributed by atoms with Crippen LogP contribution in [0.4, 0.5) is 0 Å². The van der Waals surface area contributed by atoms with Crippen LogP contribution in [0.1, 0.15) is 142 Å². The van der Waals surface area contributed by atoms with Crippen molar-refractivity contribution in [3.63, 3.8) is 0 Å². The van der Waals surface area contributed by atoms with Gasteiger partial charge in [-0.25, -0.2) is 0 Å². The van der Waals surface area contributed by atoms with Crippen molar-refractivity contribution in [3.05, 3.63) is 0 Å². The average Bonchev–Trinajstić information content (AvgIpc) is 2.83. The molecule has 0 unspecified atom stereocenters. The summed E-state index contributed by atoms with van der Waals surface area (Å²) in [4.78, 5) is 15.1. The Balaban J connectivity index is 2.11. The maximum Gasteiger partial charge on any atom is 0.306 e. The first-order valence-electron chi connectivity index (χ1n) is 14.8. The molecule has 3 nitrogen and oxygen atoms in total. The molecule has 1 heterocycles. The van der Waals surface area contributed by atoms with Crippen molar-refractivity contribution in [1.82, 2.24) is 4.90 Å². The van der Waals surface area contributed by atoms with Crippen LogP contribution in [-0.4, -0.2) is 48.1 Å². The number of esters is 1. The standard InChI is InChI=1S/C29H57NO2S/c1-3-5-7-9-12-16-20-28(21-17-13-10-8-6-4-2)32-29(31)22-18-14-11-15-19-23-30-24-26-33-27-25-30/h28H,3-27H2,1-2H3. The molecular weight excluding hydrogens is 426 g/mol. The molecule has 196 valence electrons. The molecule has 1 aliphatic heterocycles. The van der Waals surface area contributed by atoms with Gasteiger partial charge in [-0.2, -0.15) is 11.8 Å². The second-order valence-electron chi connectivity index (χ2n) is 10.2. The first kappa shape index (κ1) is 30.8. The molecule has 0 spiro atoms. The molecule has 1 fully saturated rings. The Morgan fingerprint density at radius 1 is 0.697 bits per heavy atom. The average molecular weight is 484 g/mol. The Kier molecular flexibility index (Phi) is 22.0. The van der Waals surface area contributed by atoms with Gasteiger partial charge in [0, 0.05) is 31.0 Å². The molecule has 1 saturated heterocycles. The summed E-state index contributed by atoms with van der Waals surface area (Å²) in [5, 5.41) is 0. The van der Waals surface area contributed by atoms with Gasteiger partial charge in [-0.3, -0.25) is 4.79 Å². The largest absolute Gasteiger partial charge is 0.462 e. The molecule has 0 bridgehead atoms. The number of rotatable bonds is 23. The van der Waals surface area contributed by atoms with Gasteiger partial charge in [0.1, 0.15) is 6.10 Å². The number of hydrogen-bond acceptors (Lipinski definition) is 4. The highest BCUT2D eigenvalue weighted by Gasteiger charge is 2.14. The third kappa shape index (κ3) is 19.7. The van der Waals surface area contributed by atoms with E-state index in [2.05, 4.69) is 30.5 Å². The van der Waals surface area contributed by atoms with Crippen molar-refractivity contribution >= 4 is 17.7 Å². The summed E-state index contributed by atoms with van der Waals surface area (Å²) in [7, 11) is 0. The third-order valence-corrected chi connectivity index (χ3v) is 7.96. The molecule has 33 heavy (non-hydrogen) atoms. The van der Waals surface area contributed by atoms with Crippen molar-refractivity contribution in [2.75, 3.05) is 31.1 Å². The molecule has 1 aliphatic rings. The van der Waals surface area contributed by atoms with E-state index in [0.29, 0.717) is 6.42 Å². The molecule has 0 aromatic heterocycles. The third-order valence-electron chi connectivity index (χ3n) is 7.02. The molecule has 0 N–H and O–H groups in total. The lowest BCUT2D eigenvalue weighted by Gasteiger charge is -2.25. The van der Waals surface area contributed by atoms with Crippen LogP contribution in [-0.2, 0) is 9.53 Å². The normalized spacial score (nSPS) is 14.8. The van der Waals surface area contributed by atoms with E-state index in [4.69, 9.17) is 4.74 Å². The van der Waals surface area contributed by atoms with Gasteiger partial charge < -0.3 is 9.64 Å². The number of thioether (sulfide) groups is 1. The fraction of sp³-hybridized carbons (Fsp3) is 0.966. The predicted octanol–water partition coefficient (Wildman–Crippen LogP) is 8.79. The van der Waals surface area contributed by atoms with Crippen LogP contribution in [0.3, 0.4) is 0 Å². The molecule has 0 aromatic carbocycles. The lowest BCUT2D eigenvalue weighted by molar-refractivity contribution is -0.150. The van der Waals surface area contributed by atoms with Crippen molar-refractivity contribution < 1.29 is 9.53 Å². The first-order valence-corrected chi connectivity index (χ1v) is 15.9. The van der Waals surface area contributed by atoms with Gasteiger partial charge in [0.15, 0.2) is 0 Å². The quantitative estimate of drug-likeness (QED) is 0.107. The van der Waals surface area contributed by atoms with Crippen LogP contribution in [0.15, 0.2) is 0 Å². The first-order chi connectivity index (χ1) is 16.3. The number of carbonyl (C=O) groups is 1. The van der Waals surface area contributed by atoms with Crippen LogP contribution in [0.5, 0.6) is 0 Å². The minimum Gasteiger partial charge on any atom is -0.462 e. The van der Waals surface area contributed by atoms with Gasteiger partial charge in [-0.05, 0) is 45.1 Å². The summed E-state index contributed by atoms with van der Waals surface area (Å²) >= 11 is 2.09. The van der Waals surface area contributed by atoms with Crippen LogP contribution < -0.4 is 0 Å². The van der Waals surface area contributed by atoms with E-state index in [-0.39, 0.29) is 12.1 Å². The molecule has 0 amide bonds. The molecule has 0 radical (unpaired) electrons. The number of hydrogen-bond donors (Lipinski definition) is 0. The van der Waals surface area contributed by atoms with E-state index in [9.17, 15) is 4.79 Å². The second kappa shape index (κ2) is 23.5. The highest BCUT2D eigenvalue weighted by atomic mass is 32.2. The fourth-order valence-corrected chi connectivity index (χ4v) is 5.75. The molecule has 4 heteroatoms. The number of ether oxygens (including phenoxy) is 1. The van der Waals surface area contributed by atoms with Crippen LogP contribution in [0, 0.1) is 0 Å². The Morgan fingerprint density at radius 3 is 1.76 bits per heavy atom. The maximum absolute atomic E-state index is 12.5. The maximum atomic E-state index is 12.5. The highest BCUT2D eigenvalue weighted by molar-refractivity contribution is 7.99. The summed E-state index contributed by atoms with van der Waals surface area (Å²) in [6.07, 6.45) is 24.7. The van der Waals surface area contributed by atoms with Crippen LogP contribution in [0.25, 0.3) is 0 Å². The minimum atomic E-state index is 0.0581. The van der Waals surface area contributed by atoms with E-state index < -0.39 is 0 Å². The van der Waals surface area contributed by atoms with E-state index >= 15 is 0 Å². The smallest absolute Gasteiger partial charge is 0.306 e. The fourth-order valence-electron chi connectivity index (χ4n) is 4.77. The molecule has 0 aromatic rings. The van der Waals surface area contributed by atoms with E-state index in [1.54, 1.807) is 0 Å². The van der Waals surface area contributed by atoms with E-state index in [1.165, 1.54) is 134 Å². The summed E-state index contributed by atoms with van der Waals surface area (Å²) in [6.45, 7) is 8.35. The number of unbranched alkanes of at least 4 members (excludes halogenated alkanes) is 14. The van der Waals surface area contributed by atoms with Crippen molar-refractivity contribution in [2.24, 2.45) is 0 Å². The number of carbonyl (C=O) groups excluding carboxylic acids is 1. The summed E-state index contributed by atoms with van der Waals surface area (Å²) in [5.41, 5.74) is 0. The Morgan fingerprint density at radius 2 is 1.18 bits per heavy atom. The van der Waals surface area contributed by atoms with Crippen LogP contribution in [0.2, 0.25) is 0 Å². The highest BCUT2D eigenvalue weighted by Crippen LogP contribution is 2.18. The van der Waals surface area contributed by atoms with E-state index in [1.807, 2.05) is 0 Å². The van der Waals surface area contributed by atoms with Gasteiger partial charge in [0.25, 0.3) is 0 Å². The number of nitrogens with zero attached hydrogens (tertiary/aromatic N) is 1. The Labute approximate surface area is 211 Å². The summed E-state index contributed by atoms with van der Waals surface area (Å²) < 4.78 is 5.97. The van der Waals surface area contributed by atoms with Crippen molar-refractivity contribution in [1.29, 1.82) is 0 Å². The molecular formula is C29H57NO2S. The SMILES string of the molecule is CCCCCCCCC(CCCCCCCC)OC(=O)CCCCCCCN1CCSCC1. The molecule has 0 atom stereocenters. The van der Waals surface area contributed by atoms with Gasteiger partial charge in [0.2, 0.25) is 0 Å². The van der Waals surface area contributed by atoms with Gasteiger partial charge >= 0.3 is 5.97 Å². The lowest BCUT2D eigenvalue weighted by Crippen LogP contribution is -2.33. The monoisotopic (exact) mass is 483 g/mol. The summed E-state index contributed by atoms with van der Waals surface area (Å²) in [6, 6.07) is 0. The minimum absolute atomic E-state index is 0.0581. The zero-order valence-corrected chi connectivity index (χ0v) is 23.2.